The van der Waals surface area contributed by atoms with Gasteiger partial charge in [-0.15, -0.1) is 0 Å². The molecule has 0 aromatic heterocycles. The Kier molecular flexibility index (Phi) is 5.28. The minimum absolute atomic E-state index is 0.782. The summed E-state index contributed by atoms with van der Waals surface area (Å²) in [6, 6.07) is 18.6. The monoisotopic (exact) mass is 304 g/mol. The molecule has 1 nitrogen and oxygen atoms in total. The first-order valence-corrected chi connectivity index (χ1v) is 7.36. The normalized spacial score (nSPS) is 10.3. The topological polar surface area (TPSA) is 9.23 Å². The minimum Gasteiger partial charge on any atom is -0.494 e. The number of hydrogen-bond acceptors (Lipinski definition) is 1. The van der Waals surface area contributed by atoms with E-state index >= 15 is 0 Å². The van der Waals surface area contributed by atoms with Crippen LogP contribution in [0, 0.1) is 0 Å². The number of halogens is 1. The lowest BCUT2D eigenvalue weighted by Gasteiger charge is -2.07. The van der Waals surface area contributed by atoms with E-state index in [0.717, 1.165) is 30.5 Å². The van der Waals surface area contributed by atoms with Crippen LogP contribution in [0.2, 0.25) is 0 Å². The summed E-state index contributed by atoms with van der Waals surface area (Å²) in [4.78, 5) is 0. The molecule has 2 aromatic carbocycles. The summed E-state index contributed by atoms with van der Waals surface area (Å²) in [6.07, 6.45) is 2.24. The lowest BCUT2D eigenvalue weighted by Crippen LogP contribution is -1.97. The van der Waals surface area contributed by atoms with Crippen molar-refractivity contribution in [1.29, 1.82) is 0 Å². The van der Waals surface area contributed by atoms with Gasteiger partial charge in [-0.1, -0.05) is 58.4 Å². The molecule has 0 radical (unpaired) electrons. The number of unbranched alkanes of at least 4 members (excludes halogenated alkanes) is 1. The lowest BCUT2D eigenvalue weighted by atomic mass is 10.1. The molecule has 0 aliphatic rings. The Labute approximate surface area is 117 Å². The molecule has 0 unspecified atom stereocenters. The number of benzene rings is 2. The van der Waals surface area contributed by atoms with Crippen LogP contribution in [0.1, 0.15) is 12.8 Å². The highest BCUT2D eigenvalue weighted by Gasteiger charge is 1.99. The Hall–Kier alpha value is -1.28. The second-order valence-corrected chi connectivity index (χ2v) is 4.93. The van der Waals surface area contributed by atoms with Crippen molar-refractivity contribution in [3.8, 4) is 16.9 Å². The summed E-state index contributed by atoms with van der Waals surface area (Å²) in [5, 5.41) is 1.04. The predicted molar refractivity (Wildman–Crippen MR) is 80.4 cm³/mol. The number of alkyl halides is 1. The van der Waals surface area contributed by atoms with E-state index < -0.39 is 0 Å². The third-order valence-electron chi connectivity index (χ3n) is 2.74. The fraction of sp³-hybridized carbons (Fsp3) is 0.250. The molecule has 0 saturated carbocycles. The van der Waals surface area contributed by atoms with Crippen molar-refractivity contribution in [2.75, 3.05) is 11.9 Å². The summed E-state index contributed by atoms with van der Waals surface area (Å²) >= 11 is 3.42. The van der Waals surface area contributed by atoms with Gasteiger partial charge in [0, 0.05) is 5.33 Å². The molecule has 0 aliphatic heterocycles. The van der Waals surface area contributed by atoms with E-state index in [0.29, 0.717) is 0 Å². The van der Waals surface area contributed by atoms with Gasteiger partial charge in [0.2, 0.25) is 0 Å². The predicted octanol–water partition coefficient (Wildman–Crippen LogP) is 4.91. The second-order valence-electron chi connectivity index (χ2n) is 4.14. The lowest BCUT2D eigenvalue weighted by molar-refractivity contribution is 0.310. The molecule has 94 valence electrons. The first-order valence-electron chi connectivity index (χ1n) is 6.24. The second kappa shape index (κ2) is 7.22. The van der Waals surface area contributed by atoms with Gasteiger partial charge >= 0.3 is 0 Å². The van der Waals surface area contributed by atoms with Gasteiger partial charge in [0.05, 0.1) is 6.61 Å². The van der Waals surface area contributed by atoms with Crippen LogP contribution >= 0.6 is 15.9 Å². The molecule has 0 spiro atoms. The van der Waals surface area contributed by atoms with Gasteiger partial charge in [0.25, 0.3) is 0 Å². The van der Waals surface area contributed by atoms with E-state index in [9.17, 15) is 0 Å². The number of ether oxygens (including phenoxy) is 1. The summed E-state index contributed by atoms with van der Waals surface area (Å²) in [7, 11) is 0. The smallest absolute Gasteiger partial charge is 0.119 e. The van der Waals surface area contributed by atoms with E-state index in [1.54, 1.807) is 0 Å². The van der Waals surface area contributed by atoms with Gasteiger partial charge in [-0.05, 0) is 36.1 Å². The molecule has 0 saturated heterocycles. The van der Waals surface area contributed by atoms with Crippen molar-refractivity contribution in [1.82, 2.24) is 0 Å². The van der Waals surface area contributed by atoms with Crippen LogP contribution in [0.3, 0.4) is 0 Å². The third-order valence-corrected chi connectivity index (χ3v) is 3.30. The maximum absolute atomic E-state index is 5.75. The molecule has 0 N–H and O–H groups in total. The average Bonchev–Trinajstić information content (AvgIpc) is 2.45. The molecule has 0 aliphatic carbocycles. The molecular formula is C16H17BrO. The van der Waals surface area contributed by atoms with Gasteiger partial charge in [-0.3, -0.25) is 0 Å². The van der Waals surface area contributed by atoms with Crippen molar-refractivity contribution in [3.05, 3.63) is 54.6 Å². The van der Waals surface area contributed by atoms with Crippen LogP contribution in [0.15, 0.2) is 54.6 Å². The van der Waals surface area contributed by atoms with E-state index in [-0.39, 0.29) is 0 Å². The van der Waals surface area contributed by atoms with Gasteiger partial charge in [0.1, 0.15) is 5.75 Å². The Morgan fingerprint density at radius 1 is 0.833 bits per heavy atom. The van der Waals surface area contributed by atoms with E-state index in [4.69, 9.17) is 4.74 Å². The van der Waals surface area contributed by atoms with Crippen LogP contribution < -0.4 is 4.74 Å². The maximum atomic E-state index is 5.75. The summed E-state index contributed by atoms with van der Waals surface area (Å²) < 4.78 is 5.75. The highest BCUT2D eigenvalue weighted by molar-refractivity contribution is 9.09. The Balaban J connectivity index is 2.02. The largest absolute Gasteiger partial charge is 0.494 e. The van der Waals surface area contributed by atoms with Crippen LogP contribution in [0.4, 0.5) is 0 Å². The van der Waals surface area contributed by atoms with Gasteiger partial charge in [-0.25, -0.2) is 0 Å². The molecule has 2 aromatic rings. The fourth-order valence-electron chi connectivity index (χ4n) is 1.78. The molecule has 0 fully saturated rings. The maximum Gasteiger partial charge on any atom is 0.119 e. The van der Waals surface area contributed by atoms with Crippen LogP contribution in [0.25, 0.3) is 11.1 Å². The SMILES string of the molecule is BrCCCCOc1cccc(-c2ccccc2)c1. The summed E-state index contributed by atoms with van der Waals surface area (Å²) in [6.45, 7) is 0.782. The van der Waals surface area contributed by atoms with Crippen molar-refractivity contribution < 1.29 is 4.74 Å². The summed E-state index contributed by atoms with van der Waals surface area (Å²) in [5.41, 5.74) is 2.43. The molecule has 2 rings (SSSR count). The number of rotatable bonds is 6. The number of hydrogen-bond donors (Lipinski definition) is 0. The van der Waals surface area contributed by atoms with Crippen molar-refractivity contribution in [2.24, 2.45) is 0 Å². The van der Waals surface area contributed by atoms with E-state index in [1.165, 1.54) is 11.1 Å². The molecule has 0 amide bonds. The first-order chi connectivity index (χ1) is 8.90. The molecule has 0 bridgehead atoms. The van der Waals surface area contributed by atoms with Crippen molar-refractivity contribution in [3.63, 3.8) is 0 Å². The highest BCUT2D eigenvalue weighted by atomic mass is 79.9. The third kappa shape index (κ3) is 3.88. The zero-order valence-electron chi connectivity index (χ0n) is 10.3. The van der Waals surface area contributed by atoms with Crippen LogP contribution in [0.5, 0.6) is 5.75 Å². The van der Waals surface area contributed by atoms with E-state index in [2.05, 4.69) is 52.3 Å². The zero-order valence-corrected chi connectivity index (χ0v) is 11.9. The molecule has 0 atom stereocenters. The van der Waals surface area contributed by atoms with Crippen molar-refractivity contribution in [2.45, 2.75) is 12.8 Å². The van der Waals surface area contributed by atoms with Crippen LogP contribution in [-0.4, -0.2) is 11.9 Å². The zero-order chi connectivity index (χ0) is 12.6. The summed E-state index contributed by atoms with van der Waals surface area (Å²) in [5.74, 6) is 0.950. The minimum atomic E-state index is 0.782. The van der Waals surface area contributed by atoms with E-state index in [1.807, 2.05) is 18.2 Å². The van der Waals surface area contributed by atoms with Crippen LogP contribution in [-0.2, 0) is 0 Å². The van der Waals surface area contributed by atoms with Gasteiger partial charge in [-0.2, -0.15) is 0 Å². The highest BCUT2D eigenvalue weighted by Crippen LogP contribution is 2.23. The van der Waals surface area contributed by atoms with Gasteiger partial charge < -0.3 is 4.74 Å². The van der Waals surface area contributed by atoms with Gasteiger partial charge in [0.15, 0.2) is 0 Å². The average molecular weight is 305 g/mol. The Bertz CT molecular complexity index is 468. The molecule has 2 heteroatoms. The molecular weight excluding hydrogens is 288 g/mol. The Morgan fingerprint density at radius 2 is 1.61 bits per heavy atom. The molecule has 18 heavy (non-hydrogen) atoms. The molecule has 0 heterocycles. The standard InChI is InChI=1S/C16H17BrO/c17-11-4-5-12-18-16-10-6-9-15(13-16)14-7-2-1-3-8-14/h1-3,6-10,13H,4-5,11-12H2. The van der Waals surface area contributed by atoms with Crippen molar-refractivity contribution >= 4 is 15.9 Å². The Morgan fingerprint density at radius 3 is 2.39 bits per heavy atom. The quantitative estimate of drug-likeness (QED) is 0.544. The fourth-order valence-corrected chi connectivity index (χ4v) is 2.18. The first kappa shape index (κ1) is 13.2.